The highest BCUT2D eigenvalue weighted by Gasteiger charge is 2.22. The molecule has 0 heterocycles. The summed E-state index contributed by atoms with van der Waals surface area (Å²) in [5.41, 5.74) is 2.00. The molecule has 2 rings (SSSR count). The maximum Gasteiger partial charge on any atom is 0.336 e. The highest BCUT2D eigenvalue weighted by Crippen LogP contribution is 2.30. The van der Waals surface area contributed by atoms with E-state index in [1.807, 2.05) is 37.3 Å². The Morgan fingerprint density at radius 1 is 0.952 bits per heavy atom. The minimum absolute atomic E-state index is 0.0245. The molecule has 0 saturated carbocycles. The highest BCUT2D eigenvalue weighted by molar-refractivity contribution is 5.97. The smallest absolute Gasteiger partial charge is 0.336 e. The Morgan fingerprint density at radius 3 is 2.10 bits per heavy atom. The van der Waals surface area contributed by atoms with E-state index in [0.717, 1.165) is 5.56 Å². The molecule has 0 amide bonds. The van der Waals surface area contributed by atoms with Crippen molar-refractivity contribution in [3.8, 4) is 0 Å². The maximum absolute atomic E-state index is 11.6. The number of carboxylic acid groups (broad SMARTS) is 2. The van der Waals surface area contributed by atoms with Gasteiger partial charge in [-0.15, -0.1) is 0 Å². The van der Waals surface area contributed by atoms with Crippen molar-refractivity contribution in [1.82, 2.24) is 0 Å². The second-order valence-corrected chi connectivity index (χ2v) is 4.95. The third-order valence-electron chi connectivity index (χ3n) is 3.71. The fourth-order valence-corrected chi connectivity index (χ4v) is 2.53. The normalized spacial score (nSPS) is 11.9. The van der Waals surface area contributed by atoms with E-state index >= 15 is 0 Å². The van der Waals surface area contributed by atoms with E-state index in [-0.39, 0.29) is 22.6 Å². The molecule has 0 fully saturated rings. The topological polar surface area (TPSA) is 74.6 Å². The van der Waals surface area contributed by atoms with E-state index < -0.39 is 11.9 Å². The van der Waals surface area contributed by atoms with Crippen molar-refractivity contribution in [3.63, 3.8) is 0 Å². The van der Waals surface area contributed by atoms with Crippen LogP contribution in [0.15, 0.2) is 42.5 Å². The van der Waals surface area contributed by atoms with E-state index in [9.17, 15) is 14.7 Å². The van der Waals surface area contributed by atoms with Crippen LogP contribution < -0.4 is 0 Å². The van der Waals surface area contributed by atoms with E-state index in [4.69, 9.17) is 5.11 Å². The molecule has 21 heavy (non-hydrogen) atoms. The lowest BCUT2D eigenvalue weighted by atomic mass is 9.86. The SMILES string of the molecule is Cc1c(C(=O)O)ccc(C(C)c2ccccc2)c1C(=O)O. The van der Waals surface area contributed by atoms with Crippen molar-refractivity contribution in [2.24, 2.45) is 0 Å². The van der Waals surface area contributed by atoms with E-state index in [1.54, 1.807) is 6.07 Å². The van der Waals surface area contributed by atoms with Crippen LogP contribution in [0.2, 0.25) is 0 Å². The first-order chi connectivity index (χ1) is 9.93. The highest BCUT2D eigenvalue weighted by atomic mass is 16.4. The van der Waals surface area contributed by atoms with E-state index in [2.05, 4.69) is 0 Å². The second kappa shape index (κ2) is 5.79. The van der Waals surface area contributed by atoms with Gasteiger partial charge >= 0.3 is 11.9 Å². The van der Waals surface area contributed by atoms with Crippen molar-refractivity contribution in [2.45, 2.75) is 19.8 Å². The van der Waals surface area contributed by atoms with Gasteiger partial charge in [-0.3, -0.25) is 0 Å². The van der Waals surface area contributed by atoms with Gasteiger partial charge in [-0.05, 0) is 29.7 Å². The average Bonchev–Trinajstić information content (AvgIpc) is 2.46. The van der Waals surface area contributed by atoms with Gasteiger partial charge in [0.2, 0.25) is 0 Å². The monoisotopic (exact) mass is 284 g/mol. The van der Waals surface area contributed by atoms with Crippen LogP contribution in [0, 0.1) is 6.92 Å². The molecule has 0 aliphatic rings. The summed E-state index contributed by atoms with van der Waals surface area (Å²) in [6.07, 6.45) is 0. The lowest BCUT2D eigenvalue weighted by molar-refractivity contribution is 0.0694. The van der Waals surface area contributed by atoms with Gasteiger partial charge in [0.1, 0.15) is 0 Å². The van der Waals surface area contributed by atoms with Crippen LogP contribution in [-0.2, 0) is 0 Å². The molecule has 0 aromatic heterocycles. The fourth-order valence-electron chi connectivity index (χ4n) is 2.53. The summed E-state index contributed by atoms with van der Waals surface area (Å²) in [5.74, 6) is -2.35. The average molecular weight is 284 g/mol. The minimum atomic E-state index is -1.12. The maximum atomic E-state index is 11.6. The molecule has 0 radical (unpaired) electrons. The quantitative estimate of drug-likeness (QED) is 0.900. The first-order valence-corrected chi connectivity index (χ1v) is 6.58. The first-order valence-electron chi connectivity index (χ1n) is 6.58. The lowest BCUT2D eigenvalue weighted by Gasteiger charge is -2.18. The minimum Gasteiger partial charge on any atom is -0.478 e. The predicted molar refractivity (Wildman–Crippen MR) is 79.1 cm³/mol. The van der Waals surface area contributed by atoms with Crippen molar-refractivity contribution in [2.75, 3.05) is 0 Å². The van der Waals surface area contributed by atoms with Crippen LogP contribution in [0.1, 0.15) is 50.2 Å². The molecule has 2 aromatic rings. The molecule has 1 unspecified atom stereocenters. The third kappa shape index (κ3) is 2.79. The van der Waals surface area contributed by atoms with Gasteiger partial charge in [-0.25, -0.2) is 9.59 Å². The number of carboxylic acids is 2. The summed E-state index contributed by atoms with van der Waals surface area (Å²) in [5, 5.41) is 18.6. The molecule has 0 bridgehead atoms. The molecule has 0 spiro atoms. The van der Waals surface area contributed by atoms with Gasteiger partial charge in [0.15, 0.2) is 0 Å². The molecule has 4 nitrogen and oxygen atoms in total. The summed E-state index contributed by atoms with van der Waals surface area (Å²) in [6, 6.07) is 12.6. The standard InChI is InChI=1S/C17H16O4/c1-10(12-6-4-3-5-7-12)13-8-9-14(16(18)19)11(2)15(13)17(20)21/h3-10H,1-2H3,(H,18,19)(H,20,21). The van der Waals surface area contributed by atoms with Crippen molar-refractivity contribution in [3.05, 3.63) is 70.3 Å². The van der Waals surface area contributed by atoms with Crippen molar-refractivity contribution < 1.29 is 19.8 Å². The predicted octanol–water partition coefficient (Wildman–Crippen LogP) is 3.54. The van der Waals surface area contributed by atoms with E-state index in [0.29, 0.717) is 5.56 Å². The summed E-state index contributed by atoms with van der Waals surface area (Å²) in [7, 11) is 0. The molecule has 2 N–H and O–H groups in total. The summed E-state index contributed by atoms with van der Waals surface area (Å²) < 4.78 is 0. The number of benzene rings is 2. The molecular weight excluding hydrogens is 268 g/mol. The Hall–Kier alpha value is -2.62. The molecular formula is C17H16O4. The molecule has 0 aliphatic heterocycles. The zero-order chi connectivity index (χ0) is 15.6. The van der Waals surface area contributed by atoms with Gasteiger partial charge in [0, 0.05) is 5.92 Å². The number of rotatable bonds is 4. The van der Waals surface area contributed by atoms with Crippen LogP contribution in [-0.4, -0.2) is 22.2 Å². The molecule has 4 heteroatoms. The van der Waals surface area contributed by atoms with Crippen LogP contribution in [0.3, 0.4) is 0 Å². The molecule has 108 valence electrons. The second-order valence-electron chi connectivity index (χ2n) is 4.95. The third-order valence-corrected chi connectivity index (χ3v) is 3.71. The first kappa shape index (κ1) is 14.8. The van der Waals surface area contributed by atoms with Crippen LogP contribution >= 0.6 is 0 Å². The Morgan fingerprint density at radius 2 is 1.57 bits per heavy atom. The van der Waals surface area contributed by atoms with Crippen LogP contribution in [0.5, 0.6) is 0 Å². The lowest BCUT2D eigenvalue weighted by Crippen LogP contribution is -2.12. The number of hydrogen-bond acceptors (Lipinski definition) is 2. The van der Waals surface area contributed by atoms with Crippen LogP contribution in [0.25, 0.3) is 0 Å². The number of aromatic carboxylic acids is 2. The summed E-state index contributed by atoms with van der Waals surface area (Å²) >= 11 is 0. The van der Waals surface area contributed by atoms with Crippen LogP contribution in [0.4, 0.5) is 0 Å². The molecule has 2 aromatic carbocycles. The molecule has 0 aliphatic carbocycles. The molecule has 1 atom stereocenters. The van der Waals surface area contributed by atoms with E-state index in [1.165, 1.54) is 13.0 Å². The van der Waals surface area contributed by atoms with Gasteiger partial charge < -0.3 is 10.2 Å². The largest absolute Gasteiger partial charge is 0.478 e. The van der Waals surface area contributed by atoms with Gasteiger partial charge in [-0.2, -0.15) is 0 Å². The van der Waals surface area contributed by atoms with Gasteiger partial charge in [-0.1, -0.05) is 43.3 Å². The Bertz CT molecular complexity index is 689. The van der Waals surface area contributed by atoms with Crippen molar-refractivity contribution in [1.29, 1.82) is 0 Å². The Balaban J connectivity index is 2.62. The fraction of sp³-hybridized carbons (Fsp3) is 0.176. The van der Waals surface area contributed by atoms with Gasteiger partial charge in [0.05, 0.1) is 11.1 Å². The van der Waals surface area contributed by atoms with Gasteiger partial charge in [0.25, 0.3) is 0 Å². The number of hydrogen-bond donors (Lipinski definition) is 2. The molecule has 0 saturated heterocycles. The Kier molecular flexibility index (Phi) is 4.08. The Labute approximate surface area is 122 Å². The summed E-state index contributed by atoms with van der Waals surface area (Å²) in [4.78, 5) is 22.7. The summed E-state index contributed by atoms with van der Waals surface area (Å²) in [6.45, 7) is 3.45. The van der Waals surface area contributed by atoms with Crippen molar-refractivity contribution >= 4 is 11.9 Å². The number of carbonyl (C=O) groups is 2. The zero-order valence-corrected chi connectivity index (χ0v) is 11.8. The zero-order valence-electron chi connectivity index (χ0n) is 11.8.